The minimum Gasteiger partial charge on any atom is -0.454 e. The van der Waals surface area contributed by atoms with Gasteiger partial charge in [-0.3, -0.25) is 4.79 Å². The third kappa shape index (κ3) is 2.62. The van der Waals surface area contributed by atoms with Crippen LogP contribution in [0.3, 0.4) is 0 Å². The lowest BCUT2D eigenvalue weighted by Gasteiger charge is -2.01. The van der Waals surface area contributed by atoms with E-state index < -0.39 is 0 Å². The normalized spacial score (nSPS) is 20.4. The second-order valence-corrected chi connectivity index (χ2v) is 6.39. The maximum atomic E-state index is 12.7. The Hall–Kier alpha value is -3.21. The fourth-order valence-corrected chi connectivity index (χ4v) is 3.39. The second kappa shape index (κ2) is 5.95. The highest BCUT2D eigenvalue weighted by molar-refractivity contribution is 6.15. The quantitative estimate of drug-likeness (QED) is 0.769. The fraction of sp³-hybridized carbons (Fsp3) is 0.190. The molecule has 26 heavy (non-hydrogen) atoms. The number of rotatable bonds is 2. The highest BCUT2D eigenvalue weighted by Gasteiger charge is 2.24. The zero-order valence-electron chi connectivity index (χ0n) is 14.0. The van der Waals surface area contributed by atoms with Crippen LogP contribution in [0.25, 0.3) is 12.2 Å². The molecule has 2 aromatic rings. The van der Waals surface area contributed by atoms with Crippen molar-refractivity contribution >= 4 is 17.9 Å². The predicted molar refractivity (Wildman–Crippen MR) is 95.3 cm³/mol. The Labute approximate surface area is 150 Å². The Morgan fingerprint density at radius 2 is 1.12 bits per heavy atom. The number of allylic oxidation sites excluding steroid dienone is 2. The molecule has 2 aliphatic heterocycles. The van der Waals surface area contributed by atoms with Crippen LogP contribution in [-0.2, 0) is 4.79 Å². The molecule has 0 spiro atoms. The summed E-state index contributed by atoms with van der Waals surface area (Å²) in [5, 5.41) is 0. The van der Waals surface area contributed by atoms with Crippen molar-refractivity contribution in [2.24, 2.45) is 0 Å². The number of hydrogen-bond donors (Lipinski definition) is 0. The smallest absolute Gasteiger partial charge is 0.231 e. The lowest BCUT2D eigenvalue weighted by atomic mass is 10.1. The molecule has 5 rings (SSSR count). The summed E-state index contributed by atoms with van der Waals surface area (Å²) < 4.78 is 21.4. The molecule has 5 heteroatoms. The van der Waals surface area contributed by atoms with E-state index in [0.717, 1.165) is 58.1 Å². The monoisotopic (exact) mass is 348 g/mol. The molecule has 2 aromatic carbocycles. The van der Waals surface area contributed by atoms with Gasteiger partial charge in [-0.15, -0.1) is 0 Å². The molecule has 0 aromatic heterocycles. The van der Waals surface area contributed by atoms with Gasteiger partial charge in [0.05, 0.1) is 0 Å². The molecule has 1 saturated carbocycles. The van der Waals surface area contributed by atoms with Crippen LogP contribution < -0.4 is 18.9 Å². The first-order valence-electron chi connectivity index (χ1n) is 8.51. The number of Topliss-reactive ketones (excluding diaryl/α,β-unsaturated/α-hetero) is 1. The van der Waals surface area contributed by atoms with Gasteiger partial charge >= 0.3 is 0 Å². The first-order chi connectivity index (χ1) is 12.8. The minimum absolute atomic E-state index is 0.0975. The number of carbonyl (C=O) groups is 1. The molecule has 0 radical (unpaired) electrons. The van der Waals surface area contributed by atoms with E-state index in [0.29, 0.717) is 0 Å². The molecule has 3 aliphatic rings. The van der Waals surface area contributed by atoms with Crippen LogP contribution in [0.2, 0.25) is 0 Å². The van der Waals surface area contributed by atoms with Crippen molar-refractivity contribution in [3.8, 4) is 23.0 Å². The Morgan fingerprint density at radius 1 is 0.654 bits per heavy atom. The van der Waals surface area contributed by atoms with E-state index in [1.807, 2.05) is 48.6 Å². The lowest BCUT2D eigenvalue weighted by Crippen LogP contribution is -1.95. The standard InChI is InChI=1S/C21H16O5/c22-21-15(7-13-1-5-17-19(9-13)25-11-23-17)3-4-16(21)8-14-2-6-18-20(10-14)26-12-24-18/h1-2,5-10H,3-4,11-12H2/b15-7-,16-8?. The van der Waals surface area contributed by atoms with Crippen LogP contribution in [-0.4, -0.2) is 19.4 Å². The first-order valence-corrected chi connectivity index (χ1v) is 8.51. The molecule has 1 aliphatic carbocycles. The number of fused-ring (bicyclic) bond motifs is 2. The van der Waals surface area contributed by atoms with Crippen molar-refractivity contribution in [1.82, 2.24) is 0 Å². The number of ketones is 1. The minimum atomic E-state index is 0.0975. The van der Waals surface area contributed by atoms with Crippen molar-refractivity contribution in [2.45, 2.75) is 12.8 Å². The average Bonchev–Trinajstić information content (AvgIpc) is 3.37. The third-order valence-electron chi connectivity index (χ3n) is 4.72. The molecular formula is C21H16O5. The van der Waals surface area contributed by atoms with Crippen LogP contribution in [0.1, 0.15) is 24.0 Å². The van der Waals surface area contributed by atoms with E-state index in [9.17, 15) is 4.79 Å². The Balaban J connectivity index is 1.40. The van der Waals surface area contributed by atoms with Gasteiger partial charge in [0.25, 0.3) is 0 Å². The van der Waals surface area contributed by atoms with Gasteiger partial charge in [0.15, 0.2) is 28.8 Å². The third-order valence-corrected chi connectivity index (χ3v) is 4.72. The van der Waals surface area contributed by atoms with E-state index in [-0.39, 0.29) is 19.4 Å². The van der Waals surface area contributed by atoms with E-state index in [2.05, 4.69) is 0 Å². The van der Waals surface area contributed by atoms with Crippen LogP contribution in [0.5, 0.6) is 23.0 Å². The lowest BCUT2D eigenvalue weighted by molar-refractivity contribution is -0.111. The molecule has 0 saturated heterocycles. The van der Waals surface area contributed by atoms with Gasteiger partial charge in [0.1, 0.15) is 0 Å². The van der Waals surface area contributed by atoms with Gasteiger partial charge in [-0.25, -0.2) is 0 Å². The average molecular weight is 348 g/mol. The summed E-state index contributed by atoms with van der Waals surface area (Å²) in [7, 11) is 0. The maximum absolute atomic E-state index is 12.7. The summed E-state index contributed by atoms with van der Waals surface area (Å²) in [6.07, 6.45) is 5.35. The summed E-state index contributed by atoms with van der Waals surface area (Å²) >= 11 is 0. The highest BCUT2D eigenvalue weighted by atomic mass is 16.7. The topological polar surface area (TPSA) is 54.0 Å². The number of ether oxygens (including phenoxy) is 4. The van der Waals surface area contributed by atoms with Crippen molar-refractivity contribution in [2.75, 3.05) is 13.6 Å². The van der Waals surface area contributed by atoms with E-state index in [1.54, 1.807) is 0 Å². The summed E-state index contributed by atoms with van der Waals surface area (Å²) in [4.78, 5) is 12.7. The van der Waals surface area contributed by atoms with Crippen molar-refractivity contribution < 1.29 is 23.7 Å². The molecule has 0 unspecified atom stereocenters. The van der Waals surface area contributed by atoms with E-state index >= 15 is 0 Å². The number of hydrogen-bond acceptors (Lipinski definition) is 5. The SMILES string of the molecule is O=C1C(=Cc2ccc3c(c2)OCO3)CC/C1=C/c1ccc2c(c1)OCO2. The Kier molecular flexibility index (Phi) is 3.45. The molecule has 0 N–H and O–H groups in total. The molecule has 0 amide bonds. The molecule has 5 nitrogen and oxygen atoms in total. The van der Waals surface area contributed by atoms with Crippen LogP contribution in [0.15, 0.2) is 47.5 Å². The first kappa shape index (κ1) is 15.1. The number of benzene rings is 2. The summed E-state index contributed by atoms with van der Waals surface area (Å²) in [6.45, 7) is 0.493. The van der Waals surface area contributed by atoms with Gasteiger partial charge in [0.2, 0.25) is 13.6 Å². The molecule has 2 heterocycles. The fourth-order valence-electron chi connectivity index (χ4n) is 3.39. The maximum Gasteiger partial charge on any atom is 0.231 e. The summed E-state index contributed by atoms with van der Waals surface area (Å²) in [5.41, 5.74) is 3.52. The van der Waals surface area contributed by atoms with Gasteiger partial charge in [-0.05, 0) is 60.4 Å². The molecule has 0 bridgehead atoms. The largest absolute Gasteiger partial charge is 0.454 e. The zero-order chi connectivity index (χ0) is 17.5. The number of carbonyl (C=O) groups excluding carboxylic acids is 1. The van der Waals surface area contributed by atoms with Crippen molar-refractivity contribution in [3.05, 3.63) is 58.7 Å². The van der Waals surface area contributed by atoms with Gasteiger partial charge in [-0.1, -0.05) is 12.1 Å². The molecular weight excluding hydrogens is 332 g/mol. The van der Waals surface area contributed by atoms with Crippen LogP contribution in [0, 0.1) is 0 Å². The predicted octanol–water partition coefficient (Wildman–Crippen LogP) is 3.97. The van der Waals surface area contributed by atoms with E-state index in [1.165, 1.54) is 0 Å². The summed E-state index contributed by atoms with van der Waals surface area (Å²) in [6, 6.07) is 11.4. The highest BCUT2D eigenvalue weighted by Crippen LogP contribution is 2.36. The molecule has 130 valence electrons. The molecule has 0 atom stereocenters. The van der Waals surface area contributed by atoms with E-state index in [4.69, 9.17) is 18.9 Å². The zero-order valence-corrected chi connectivity index (χ0v) is 14.0. The van der Waals surface area contributed by atoms with Crippen molar-refractivity contribution in [3.63, 3.8) is 0 Å². The second-order valence-electron chi connectivity index (χ2n) is 6.39. The molecule has 1 fully saturated rings. The Morgan fingerprint density at radius 3 is 1.62 bits per heavy atom. The van der Waals surface area contributed by atoms with Gasteiger partial charge < -0.3 is 18.9 Å². The van der Waals surface area contributed by atoms with Gasteiger partial charge in [-0.2, -0.15) is 0 Å². The Bertz CT molecular complexity index is 893. The van der Waals surface area contributed by atoms with Gasteiger partial charge in [0, 0.05) is 11.1 Å². The van der Waals surface area contributed by atoms with Crippen LogP contribution in [0.4, 0.5) is 0 Å². The summed E-state index contributed by atoms with van der Waals surface area (Å²) in [5.74, 6) is 3.03. The van der Waals surface area contributed by atoms with Crippen LogP contribution >= 0.6 is 0 Å². The van der Waals surface area contributed by atoms with Crippen molar-refractivity contribution in [1.29, 1.82) is 0 Å².